The van der Waals surface area contributed by atoms with Crippen molar-refractivity contribution >= 4 is 28.3 Å². The van der Waals surface area contributed by atoms with Gasteiger partial charge in [0.05, 0.1) is 5.71 Å². The van der Waals surface area contributed by atoms with Crippen molar-refractivity contribution < 1.29 is 9.63 Å². The van der Waals surface area contributed by atoms with Gasteiger partial charge in [0.2, 0.25) is 0 Å². The zero-order valence-corrected chi connectivity index (χ0v) is 15.9. The molecule has 3 aromatic carbocycles. The van der Waals surface area contributed by atoms with Crippen LogP contribution in [0.25, 0.3) is 21.9 Å². The number of oxime groups is 1. The van der Waals surface area contributed by atoms with E-state index in [2.05, 4.69) is 15.5 Å². The molecule has 0 aliphatic rings. The molecule has 0 bridgehead atoms. The molecule has 0 unspecified atom stereocenters. The zero-order valence-electron chi connectivity index (χ0n) is 15.9. The Hall–Kier alpha value is -3.99. The molecule has 4 aromatic rings. The SMILES string of the molecule is C/C(=N/OC(=O)Nc1ccc2ccccc2c1)c1cccc(-c2ccncc2)c1. The van der Waals surface area contributed by atoms with Crippen LogP contribution in [0.4, 0.5) is 10.5 Å². The molecule has 1 N–H and O–H groups in total. The maximum Gasteiger partial charge on any atom is 0.437 e. The molecule has 0 radical (unpaired) electrons. The second-order valence-corrected chi connectivity index (χ2v) is 6.56. The molecular formula is C24H19N3O2. The normalized spacial score (nSPS) is 11.3. The highest BCUT2D eigenvalue weighted by Crippen LogP contribution is 2.21. The smallest absolute Gasteiger partial charge is 0.298 e. The molecule has 0 saturated carbocycles. The first-order chi connectivity index (χ1) is 14.2. The van der Waals surface area contributed by atoms with Crippen LogP contribution in [0.2, 0.25) is 0 Å². The number of carbonyl (C=O) groups excluding carboxylic acids is 1. The zero-order chi connectivity index (χ0) is 20.1. The van der Waals surface area contributed by atoms with Crippen LogP contribution in [-0.2, 0) is 4.84 Å². The van der Waals surface area contributed by atoms with E-state index in [1.54, 1.807) is 19.3 Å². The van der Waals surface area contributed by atoms with Crippen LogP contribution in [0.15, 0.2) is 96.4 Å². The number of nitrogens with zero attached hydrogens (tertiary/aromatic N) is 2. The molecule has 1 heterocycles. The van der Waals surface area contributed by atoms with Crippen molar-refractivity contribution in [2.75, 3.05) is 5.32 Å². The predicted octanol–water partition coefficient (Wildman–Crippen LogP) is 5.87. The quantitative estimate of drug-likeness (QED) is 0.273. The molecule has 29 heavy (non-hydrogen) atoms. The summed E-state index contributed by atoms with van der Waals surface area (Å²) in [4.78, 5) is 21.2. The van der Waals surface area contributed by atoms with E-state index in [9.17, 15) is 4.79 Å². The minimum atomic E-state index is -0.634. The van der Waals surface area contributed by atoms with E-state index in [-0.39, 0.29) is 0 Å². The van der Waals surface area contributed by atoms with Gasteiger partial charge in [0.1, 0.15) is 0 Å². The molecule has 1 amide bonds. The van der Waals surface area contributed by atoms with E-state index in [0.717, 1.165) is 27.5 Å². The number of amides is 1. The van der Waals surface area contributed by atoms with Crippen LogP contribution in [0.3, 0.4) is 0 Å². The van der Waals surface area contributed by atoms with E-state index in [4.69, 9.17) is 4.84 Å². The molecule has 0 aliphatic carbocycles. The topological polar surface area (TPSA) is 63.6 Å². The van der Waals surface area contributed by atoms with Gasteiger partial charge in [-0.15, -0.1) is 0 Å². The van der Waals surface area contributed by atoms with Crippen molar-refractivity contribution in [2.24, 2.45) is 5.16 Å². The van der Waals surface area contributed by atoms with Gasteiger partial charge in [-0.2, -0.15) is 0 Å². The number of nitrogens with one attached hydrogen (secondary N) is 1. The van der Waals surface area contributed by atoms with Gasteiger partial charge >= 0.3 is 6.09 Å². The van der Waals surface area contributed by atoms with Crippen LogP contribution in [-0.4, -0.2) is 16.8 Å². The average molecular weight is 381 g/mol. The summed E-state index contributed by atoms with van der Waals surface area (Å²) in [5, 5.41) is 8.83. The fraction of sp³-hybridized carbons (Fsp3) is 0.0417. The minimum absolute atomic E-state index is 0.606. The Kier molecular flexibility index (Phi) is 5.29. The highest BCUT2D eigenvalue weighted by molar-refractivity contribution is 6.00. The monoisotopic (exact) mass is 381 g/mol. The number of anilines is 1. The number of rotatable bonds is 4. The molecule has 142 valence electrons. The molecule has 4 rings (SSSR count). The van der Waals surface area contributed by atoms with Crippen LogP contribution in [0.1, 0.15) is 12.5 Å². The van der Waals surface area contributed by atoms with Crippen LogP contribution in [0.5, 0.6) is 0 Å². The van der Waals surface area contributed by atoms with Gasteiger partial charge < -0.3 is 0 Å². The number of carbonyl (C=O) groups is 1. The summed E-state index contributed by atoms with van der Waals surface area (Å²) >= 11 is 0. The highest BCUT2D eigenvalue weighted by Gasteiger charge is 2.06. The first kappa shape index (κ1) is 18.4. The number of fused-ring (bicyclic) bond motifs is 1. The molecule has 5 heteroatoms. The number of hydrogen-bond acceptors (Lipinski definition) is 4. The predicted molar refractivity (Wildman–Crippen MR) is 116 cm³/mol. The van der Waals surface area contributed by atoms with Crippen LogP contribution < -0.4 is 5.32 Å². The van der Waals surface area contributed by atoms with E-state index < -0.39 is 6.09 Å². The third-order valence-electron chi connectivity index (χ3n) is 4.56. The van der Waals surface area contributed by atoms with Crippen molar-refractivity contribution in [2.45, 2.75) is 6.92 Å². The van der Waals surface area contributed by atoms with E-state index in [1.807, 2.05) is 78.9 Å². The lowest BCUT2D eigenvalue weighted by Crippen LogP contribution is -2.12. The van der Waals surface area contributed by atoms with Crippen molar-refractivity contribution in [3.8, 4) is 11.1 Å². The lowest BCUT2D eigenvalue weighted by atomic mass is 10.0. The second-order valence-electron chi connectivity index (χ2n) is 6.56. The highest BCUT2D eigenvalue weighted by atomic mass is 16.7. The van der Waals surface area contributed by atoms with Crippen molar-refractivity contribution in [3.05, 3.63) is 96.8 Å². The summed E-state index contributed by atoms with van der Waals surface area (Å²) in [6, 6.07) is 25.4. The maximum absolute atomic E-state index is 12.1. The fourth-order valence-electron chi connectivity index (χ4n) is 3.04. The first-order valence-electron chi connectivity index (χ1n) is 9.21. The lowest BCUT2D eigenvalue weighted by Gasteiger charge is -2.07. The number of hydrogen-bond donors (Lipinski definition) is 1. The van der Waals surface area contributed by atoms with Gasteiger partial charge in [-0.05, 0) is 64.7 Å². The molecular weight excluding hydrogens is 362 g/mol. The van der Waals surface area contributed by atoms with Crippen molar-refractivity contribution in [1.29, 1.82) is 0 Å². The largest absolute Gasteiger partial charge is 0.437 e. The Morgan fingerprint density at radius 1 is 0.862 bits per heavy atom. The number of aromatic nitrogens is 1. The van der Waals surface area contributed by atoms with Gasteiger partial charge in [0.25, 0.3) is 0 Å². The Bertz CT molecular complexity index is 1190. The first-order valence-corrected chi connectivity index (χ1v) is 9.21. The summed E-state index contributed by atoms with van der Waals surface area (Å²) < 4.78 is 0. The number of pyridine rings is 1. The van der Waals surface area contributed by atoms with Crippen molar-refractivity contribution in [3.63, 3.8) is 0 Å². The third-order valence-corrected chi connectivity index (χ3v) is 4.56. The summed E-state index contributed by atoms with van der Waals surface area (Å²) in [5.74, 6) is 0. The standard InChI is InChI=1S/C24H19N3O2/c1-17(20-7-4-8-21(15-20)19-11-13-25-14-12-19)27-29-24(28)26-23-10-9-18-5-2-3-6-22(18)16-23/h2-16H,1H3,(H,26,28)/b27-17-. The average Bonchev–Trinajstić information content (AvgIpc) is 2.78. The van der Waals surface area contributed by atoms with Gasteiger partial charge in [-0.25, -0.2) is 4.79 Å². The summed E-state index contributed by atoms with van der Waals surface area (Å²) in [6.07, 6.45) is 2.87. The Morgan fingerprint density at radius 3 is 2.48 bits per heavy atom. The molecule has 5 nitrogen and oxygen atoms in total. The maximum atomic E-state index is 12.1. The molecule has 0 spiro atoms. The third kappa shape index (κ3) is 4.47. The Labute approximate surface area is 168 Å². The molecule has 0 saturated heterocycles. The van der Waals surface area contributed by atoms with E-state index >= 15 is 0 Å². The molecule has 1 aromatic heterocycles. The summed E-state index contributed by atoms with van der Waals surface area (Å²) in [5.41, 5.74) is 4.23. The number of benzene rings is 3. The molecule has 0 fully saturated rings. The lowest BCUT2D eigenvalue weighted by molar-refractivity contribution is 0.166. The Balaban J connectivity index is 1.44. The summed E-state index contributed by atoms with van der Waals surface area (Å²) in [7, 11) is 0. The second kappa shape index (κ2) is 8.35. The Morgan fingerprint density at radius 2 is 1.66 bits per heavy atom. The summed E-state index contributed by atoms with van der Waals surface area (Å²) in [6.45, 7) is 1.80. The van der Waals surface area contributed by atoms with Gasteiger partial charge in [-0.1, -0.05) is 53.7 Å². The van der Waals surface area contributed by atoms with Gasteiger partial charge in [0, 0.05) is 18.1 Å². The fourth-order valence-corrected chi connectivity index (χ4v) is 3.04. The van der Waals surface area contributed by atoms with Gasteiger partial charge in [-0.3, -0.25) is 15.1 Å². The van der Waals surface area contributed by atoms with E-state index in [0.29, 0.717) is 11.4 Å². The van der Waals surface area contributed by atoms with Crippen LogP contribution in [0, 0.1) is 0 Å². The van der Waals surface area contributed by atoms with Crippen molar-refractivity contribution in [1.82, 2.24) is 4.98 Å². The van der Waals surface area contributed by atoms with E-state index in [1.165, 1.54) is 0 Å². The molecule has 0 atom stereocenters. The minimum Gasteiger partial charge on any atom is -0.298 e. The van der Waals surface area contributed by atoms with Gasteiger partial charge in [0.15, 0.2) is 0 Å². The molecule has 0 aliphatic heterocycles. The van der Waals surface area contributed by atoms with Crippen LogP contribution >= 0.6 is 0 Å².